The van der Waals surface area contributed by atoms with Crippen LogP contribution < -0.4 is 20.9 Å². The zero-order chi connectivity index (χ0) is 21.3. The number of amides is 1. The average Bonchev–Trinajstić information content (AvgIpc) is 3.22. The number of carbonyl (C=O) groups is 1. The molecule has 1 saturated heterocycles. The summed E-state index contributed by atoms with van der Waals surface area (Å²) in [6.45, 7) is 10.1. The van der Waals surface area contributed by atoms with Crippen molar-refractivity contribution >= 4 is 17.6 Å². The highest BCUT2D eigenvalue weighted by Gasteiger charge is 2.23. The Morgan fingerprint density at radius 3 is 2.40 bits per heavy atom. The van der Waals surface area contributed by atoms with E-state index in [4.69, 9.17) is 4.99 Å². The first-order valence-electron chi connectivity index (χ1n) is 10.8. The van der Waals surface area contributed by atoms with Gasteiger partial charge >= 0.3 is 0 Å². The fourth-order valence-corrected chi connectivity index (χ4v) is 3.58. The fraction of sp³-hybridized carbons (Fsp3) is 0.417. The summed E-state index contributed by atoms with van der Waals surface area (Å²) in [4.78, 5) is 19.0. The van der Waals surface area contributed by atoms with E-state index >= 15 is 0 Å². The maximum atomic E-state index is 11.9. The van der Waals surface area contributed by atoms with E-state index < -0.39 is 0 Å². The first kappa shape index (κ1) is 21.7. The average molecular weight is 408 g/mol. The topological polar surface area (TPSA) is 68.8 Å². The summed E-state index contributed by atoms with van der Waals surface area (Å²) in [5.74, 6) is 0.794. The molecule has 1 aliphatic heterocycles. The van der Waals surface area contributed by atoms with Crippen LogP contribution in [0, 0.1) is 6.92 Å². The molecule has 160 valence electrons. The van der Waals surface area contributed by atoms with Gasteiger partial charge in [0.05, 0.1) is 6.54 Å². The van der Waals surface area contributed by atoms with Crippen LogP contribution in [0.2, 0.25) is 0 Å². The van der Waals surface area contributed by atoms with E-state index in [1.165, 1.54) is 11.3 Å². The second-order valence-corrected chi connectivity index (χ2v) is 7.66. The Balaban J connectivity index is 1.57. The van der Waals surface area contributed by atoms with Crippen LogP contribution in [0.5, 0.6) is 0 Å². The van der Waals surface area contributed by atoms with E-state index in [2.05, 4.69) is 59.0 Å². The Morgan fingerprint density at radius 1 is 1.03 bits per heavy atom. The lowest BCUT2D eigenvalue weighted by Crippen LogP contribution is -2.44. The molecule has 6 nitrogen and oxygen atoms in total. The highest BCUT2D eigenvalue weighted by atomic mass is 16.1. The molecule has 0 spiro atoms. The largest absolute Gasteiger partial charge is 0.369 e. The van der Waals surface area contributed by atoms with Crippen LogP contribution in [0.4, 0.5) is 5.69 Å². The van der Waals surface area contributed by atoms with E-state index in [-0.39, 0.29) is 5.91 Å². The van der Waals surface area contributed by atoms with Crippen LogP contribution in [-0.4, -0.2) is 44.1 Å². The van der Waals surface area contributed by atoms with Crippen LogP contribution in [0.25, 0.3) is 0 Å². The van der Waals surface area contributed by atoms with Crippen LogP contribution in [0.3, 0.4) is 0 Å². The van der Waals surface area contributed by atoms with Crippen LogP contribution in [0.1, 0.15) is 41.8 Å². The van der Waals surface area contributed by atoms with Crippen molar-refractivity contribution in [2.45, 2.75) is 39.8 Å². The first-order chi connectivity index (χ1) is 14.6. The molecule has 1 unspecified atom stereocenters. The normalized spacial score (nSPS) is 16.4. The highest BCUT2D eigenvalue weighted by molar-refractivity contribution is 5.94. The number of anilines is 1. The third-order valence-electron chi connectivity index (χ3n) is 5.25. The molecule has 0 aromatic heterocycles. The van der Waals surface area contributed by atoms with Crippen molar-refractivity contribution in [3.63, 3.8) is 0 Å². The number of nitrogens with one attached hydrogen (secondary N) is 3. The second kappa shape index (κ2) is 10.7. The summed E-state index contributed by atoms with van der Waals surface area (Å²) < 4.78 is 0. The van der Waals surface area contributed by atoms with Crippen LogP contribution in [0.15, 0.2) is 53.5 Å². The standard InChI is InChI=1S/C24H33N5O/c1-4-25-23(30)20-10-8-19(9-11-20)16-27-24(26-5-2)28-21-14-15-29(17-21)22-12-6-18(3)7-13-22/h6-13,21H,4-5,14-17H2,1-3H3,(H,25,30)(H2,26,27,28). The van der Waals surface area contributed by atoms with Crippen molar-refractivity contribution in [2.24, 2.45) is 4.99 Å². The molecule has 1 fully saturated rings. The Kier molecular flexibility index (Phi) is 7.71. The number of benzene rings is 2. The minimum Gasteiger partial charge on any atom is -0.369 e. The Hall–Kier alpha value is -3.02. The summed E-state index contributed by atoms with van der Waals surface area (Å²) in [6.07, 6.45) is 1.08. The maximum Gasteiger partial charge on any atom is 0.251 e. The number of guanidine groups is 1. The molecule has 30 heavy (non-hydrogen) atoms. The van der Waals surface area contributed by atoms with Gasteiger partial charge in [-0.1, -0.05) is 29.8 Å². The molecule has 1 aliphatic rings. The maximum absolute atomic E-state index is 11.9. The number of aryl methyl sites for hydroxylation is 1. The van der Waals surface area contributed by atoms with Gasteiger partial charge in [0.2, 0.25) is 0 Å². The van der Waals surface area contributed by atoms with Crippen molar-refractivity contribution < 1.29 is 4.79 Å². The van der Waals surface area contributed by atoms with Gasteiger partial charge in [-0.3, -0.25) is 4.79 Å². The van der Waals surface area contributed by atoms with Crippen LogP contribution >= 0.6 is 0 Å². The number of nitrogens with zero attached hydrogens (tertiary/aromatic N) is 2. The van der Waals surface area contributed by atoms with Crippen molar-refractivity contribution in [3.05, 3.63) is 65.2 Å². The summed E-state index contributed by atoms with van der Waals surface area (Å²) in [6, 6.07) is 16.7. The van der Waals surface area contributed by atoms with Gasteiger partial charge in [-0.25, -0.2) is 4.99 Å². The third kappa shape index (κ3) is 5.99. The highest BCUT2D eigenvalue weighted by Crippen LogP contribution is 2.20. The van der Waals surface area contributed by atoms with Gasteiger partial charge < -0.3 is 20.9 Å². The van der Waals surface area contributed by atoms with Gasteiger partial charge in [-0.15, -0.1) is 0 Å². The molecule has 2 aromatic carbocycles. The summed E-state index contributed by atoms with van der Waals surface area (Å²) in [5, 5.41) is 9.74. The quantitative estimate of drug-likeness (QED) is 0.487. The second-order valence-electron chi connectivity index (χ2n) is 7.66. The molecule has 0 saturated carbocycles. The SMILES string of the molecule is CCNC(=O)c1ccc(CN=C(NCC)NC2CCN(c3ccc(C)cc3)C2)cc1. The Morgan fingerprint density at radius 2 is 1.73 bits per heavy atom. The lowest BCUT2D eigenvalue weighted by atomic mass is 10.1. The molecule has 3 N–H and O–H groups in total. The summed E-state index contributed by atoms with van der Waals surface area (Å²) in [7, 11) is 0. The van der Waals surface area contributed by atoms with Gasteiger partial charge in [-0.2, -0.15) is 0 Å². The zero-order valence-corrected chi connectivity index (χ0v) is 18.2. The minimum atomic E-state index is -0.0399. The van der Waals surface area contributed by atoms with Crippen LogP contribution in [-0.2, 0) is 6.54 Å². The van der Waals surface area contributed by atoms with Crippen molar-refractivity contribution in [1.29, 1.82) is 0 Å². The summed E-state index contributed by atoms with van der Waals surface area (Å²) >= 11 is 0. The molecular weight excluding hydrogens is 374 g/mol. The van der Waals surface area contributed by atoms with Crippen molar-refractivity contribution in [1.82, 2.24) is 16.0 Å². The van der Waals surface area contributed by atoms with E-state index in [9.17, 15) is 4.79 Å². The zero-order valence-electron chi connectivity index (χ0n) is 18.2. The minimum absolute atomic E-state index is 0.0399. The summed E-state index contributed by atoms with van der Waals surface area (Å²) in [5.41, 5.74) is 4.32. The molecule has 1 atom stereocenters. The number of rotatable bonds is 7. The van der Waals surface area contributed by atoms with Gasteiger partial charge in [-0.05, 0) is 57.0 Å². The van der Waals surface area contributed by atoms with E-state index in [1.54, 1.807) is 0 Å². The molecule has 1 heterocycles. The predicted molar refractivity (Wildman–Crippen MR) is 124 cm³/mol. The number of carbonyl (C=O) groups excluding carboxylic acids is 1. The molecule has 0 radical (unpaired) electrons. The van der Waals surface area contributed by atoms with Gasteiger partial charge in [0.1, 0.15) is 0 Å². The van der Waals surface area contributed by atoms with Gasteiger partial charge in [0.15, 0.2) is 5.96 Å². The van der Waals surface area contributed by atoms with Crippen molar-refractivity contribution in [3.8, 4) is 0 Å². The third-order valence-corrected chi connectivity index (χ3v) is 5.25. The molecule has 0 bridgehead atoms. The number of hydrogen-bond donors (Lipinski definition) is 3. The smallest absolute Gasteiger partial charge is 0.251 e. The Bertz CT molecular complexity index is 845. The number of aliphatic imine (C=N–C) groups is 1. The van der Waals surface area contributed by atoms with E-state index in [0.29, 0.717) is 24.7 Å². The molecule has 3 rings (SSSR count). The first-order valence-corrected chi connectivity index (χ1v) is 10.8. The molecule has 1 amide bonds. The molecular formula is C24H33N5O. The fourth-order valence-electron chi connectivity index (χ4n) is 3.58. The lowest BCUT2D eigenvalue weighted by Gasteiger charge is -2.20. The van der Waals surface area contributed by atoms with Gasteiger partial charge in [0.25, 0.3) is 5.91 Å². The monoisotopic (exact) mass is 407 g/mol. The number of hydrogen-bond acceptors (Lipinski definition) is 3. The predicted octanol–water partition coefficient (Wildman–Crippen LogP) is 3.08. The molecule has 2 aromatic rings. The lowest BCUT2D eigenvalue weighted by molar-refractivity contribution is 0.0956. The van der Waals surface area contributed by atoms with Crippen molar-refractivity contribution in [2.75, 3.05) is 31.1 Å². The molecule has 6 heteroatoms. The Labute approximate surface area is 179 Å². The van der Waals surface area contributed by atoms with E-state index in [0.717, 1.165) is 37.6 Å². The molecule has 0 aliphatic carbocycles. The van der Waals surface area contributed by atoms with Gasteiger partial charge in [0, 0.05) is 43.5 Å². The van der Waals surface area contributed by atoms with E-state index in [1.807, 2.05) is 31.2 Å².